The van der Waals surface area contributed by atoms with Gasteiger partial charge in [-0.1, -0.05) is 30.3 Å². The van der Waals surface area contributed by atoms with Crippen molar-refractivity contribution in [2.75, 3.05) is 12.8 Å². The monoisotopic (exact) mass is 386 g/mol. The molecule has 5 nitrogen and oxygen atoms in total. The standard InChI is InChI=1S/C21H26N2O3S/c1-14-6-4-5-7-18(14)20-11-16(8-9-19(20)21(22)24)12-23-13-17(10-15(23)2)27(3,25)26/h4-9,11,15,17H,10,12-13H2,1-3H3,(H2,22,24). The minimum Gasteiger partial charge on any atom is -0.366 e. The minimum absolute atomic E-state index is 0.197. The topological polar surface area (TPSA) is 80.5 Å². The highest BCUT2D eigenvalue weighted by atomic mass is 32.2. The van der Waals surface area contributed by atoms with Crippen LogP contribution in [0.2, 0.25) is 0 Å². The highest BCUT2D eigenvalue weighted by Crippen LogP contribution is 2.30. The van der Waals surface area contributed by atoms with Gasteiger partial charge in [-0.15, -0.1) is 0 Å². The second kappa shape index (κ2) is 7.44. The van der Waals surface area contributed by atoms with E-state index < -0.39 is 15.7 Å². The Bertz CT molecular complexity index is 969. The number of nitrogens with zero attached hydrogens (tertiary/aromatic N) is 1. The zero-order valence-electron chi connectivity index (χ0n) is 16.0. The van der Waals surface area contributed by atoms with Gasteiger partial charge in [-0.3, -0.25) is 9.69 Å². The van der Waals surface area contributed by atoms with E-state index in [-0.39, 0.29) is 11.3 Å². The molecule has 2 aromatic rings. The number of amides is 1. The highest BCUT2D eigenvalue weighted by Gasteiger charge is 2.34. The number of nitrogens with two attached hydrogens (primary N) is 1. The summed E-state index contributed by atoms with van der Waals surface area (Å²) in [6, 6.07) is 13.8. The van der Waals surface area contributed by atoms with Crippen molar-refractivity contribution < 1.29 is 13.2 Å². The summed E-state index contributed by atoms with van der Waals surface area (Å²) in [7, 11) is -3.04. The molecule has 1 aliphatic rings. The molecule has 6 heteroatoms. The molecular weight excluding hydrogens is 360 g/mol. The average Bonchev–Trinajstić information content (AvgIpc) is 2.96. The van der Waals surface area contributed by atoms with Gasteiger partial charge in [0.1, 0.15) is 0 Å². The second-order valence-corrected chi connectivity index (χ2v) is 9.85. The van der Waals surface area contributed by atoms with E-state index in [2.05, 4.69) is 11.8 Å². The Morgan fingerprint density at radius 1 is 1.19 bits per heavy atom. The predicted octanol–water partition coefficient (Wildman–Crippen LogP) is 2.77. The van der Waals surface area contributed by atoms with E-state index in [4.69, 9.17) is 5.73 Å². The molecule has 144 valence electrons. The van der Waals surface area contributed by atoms with Crippen molar-refractivity contribution in [1.82, 2.24) is 4.90 Å². The van der Waals surface area contributed by atoms with Crippen LogP contribution in [0.15, 0.2) is 42.5 Å². The van der Waals surface area contributed by atoms with Crippen molar-refractivity contribution in [2.45, 2.75) is 38.1 Å². The normalized spacial score (nSPS) is 20.7. The number of rotatable bonds is 5. The van der Waals surface area contributed by atoms with E-state index in [0.717, 1.165) is 22.3 Å². The molecule has 0 radical (unpaired) electrons. The van der Waals surface area contributed by atoms with Gasteiger partial charge in [-0.2, -0.15) is 0 Å². The first kappa shape index (κ1) is 19.6. The average molecular weight is 387 g/mol. The van der Waals surface area contributed by atoms with E-state index in [1.54, 1.807) is 6.07 Å². The van der Waals surface area contributed by atoms with E-state index in [1.165, 1.54) is 6.26 Å². The summed E-state index contributed by atoms with van der Waals surface area (Å²) in [6.07, 6.45) is 1.97. The molecule has 3 rings (SSSR count). The van der Waals surface area contributed by atoms with Crippen LogP contribution in [-0.2, 0) is 16.4 Å². The summed E-state index contributed by atoms with van der Waals surface area (Å²) in [5.41, 5.74) is 10.0. The van der Waals surface area contributed by atoms with Gasteiger partial charge in [0.2, 0.25) is 5.91 Å². The van der Waals surface area contributed by atoms with Gasteiger partial charge in [0.05, 0.1) is 5.25 Å². The molecule has 1 aliphatic heterocycles. The van der Waals surface area contributed by atoms with Crippen LogP contribution in [0.4, 0.5) is 0 Å². The Morgan fingerprint density at radius 3 is 2.48 bits per heavy atom. The molecule has 1 fully saturated rings. The third-order valence-corrected chi connectivity index (χ3v) is 6.99. The Hall–Kier alpha value is -2.18. The number of likely N-dealkylation sites (tertiary alicyclic amines) is 1. The molecule has 0 saturated carbocycles. The molecule has 2 aromatic carbocycles. The number of aryl methyl sites for hydroxylation is 1. The molecule has 0 bridgehead atoms. The molecule has 2 atom stereocenters. The Morgan fingerprint density at radius 2 is 1.89 bits per heavy atom. The van der Waals surface area contributed by atoms with Gasteiger partial charge in [0, 0.05) is 31.0 Å². The molecular formula is C21H26N2O3S. The number of hydrogen-bond acceptors (Lipinski definition) is 4. The van der Waals surface area contributed by atoms with Crippen LogP contribution in [0.3, 0.4) is 0 Å². The van der Waals surface area contributed by atoms with Crippen molar-refractivity contribution >= 4 is 15.7 Å². The molecule has 0 aliphatic carbocycles. The number of carbonyl (C=O) groups is 1. The number of benzene rings is 2. The van der Waals surface area contributed by atoms with Crippen LogP contribution in [0.25, 0.3) is 11.1 Å². The molecule has 1 amide bonds. The van der Waals surface area contributed by atoms with Gasteiger partial charge in [0.15, 0.2) is 9.84 Å². The van der Waals surface area contributed by atoms with E-state index >= 15 is 0 Å². The van der Waals surface area contributed by atoms with E-state index in [1.807, 2.05) is 43.3 Å². The van der Waals surface area contributed by atoms with Gasteiger partial charge in [-0.05, 0) is 54.7 Å². The van der Waals surface area contributed by atoms with Crippen LogP contribution >= 0.6 is 0 Å². The molecule has 2 unspecified atom stereocenters. The zero-order valence-corrected chi connectivity index (χ0v) is 16.8. The second-order valence-electron chi connectivity index (χ2n) is 7.52. The first-order valence-corrected chi connectivity index (χ1v) is 11.0. The molecule has 0 spiro atoms. The molecule has 27 heavy (non-hydrogen) atoms. The lowest BCUT2D eigenvalue weighted by atomic mass is 9.93. The van der Waals surface area contributed by atoms with Crippen LogP contribution in [0, 0.1) is 6.92 Å². The van der Waals surface area contributed by atoms with E-state index in [0.29, 0.717) is 25.1 Å². The predicted molar refractivity (Wildman–Crippen MR) is 108 cm³/mol. The fourth-order valence-electron chi connectivity index (χ4n) is 3.81. The van der Waals surface area contributed by atoms with Crippen molar-refractivity contribution in [1.29, 1.82) is 0 Å². The summed E-state index contributed by atoms with van der Waals surface area (Å²) in [4.78, 5) is 14.1. The fraction of sp³-hybridized carbons (Fsp3) is 0.381. The number of hydrogen-bond donors (Lipinski definition) is 1. The van der Waals surface area contributed by atoms with Crippen LogP contribution in [0.5, 0.6) is 0 Å². The Kier molecular flexibility index (Phi) is 5.40. The molecule has 1 saturated heterocycles. The SMILES string of the molecule is Cc1ccccc1-c1cc(CN2CC(S(C)(=O)=O)CC2C)ccc1C(N)=O. The summed E-state index contributed by atoms with van der Waals surface area (Å²) in [5.74, 6) is -0.452. The lowest BCUT2D eigenvalue weighted by Gasteiger charge is -2.22. The number of sulfone groups is 1. The molecule has 0 aromatic heterocycles. The zero-order chi connectivity index (χ0) is 19.8. The number of carbonyl (C=O) groups excluding carboxylic acids is 1. The maximum absolute atomic E-state index is 11.9. The van der Waals surface area contributed by atoms with Crippen molar-refractivity contribution in [3.63, 3.8) is 0 Å². The quantitative estimate of drug-likeness (QED) is 0.857. The van der Waals surface area contributed by atoms with Crippen LogP contribution in [-0.4, -0.2) is 43.3 Å². The Labute approximate surface area is 161 Å². The highest BCUT2D eigenvalue weighted by molar-refractivity contribution is 7.91. The maximum atomic E-state index is 11.9. The van der Waals surface area contributed by atoms with Crippen molar-refractivity contribution in [3.8, 4) is 11.1 Å². The van der Waals surface area contributed by atoms with Crippen molar-refractivity contribution in [3.05, 3.63) is 59.2 Å². The fourth-order valence-corrected chi connectivity index (χ4v) is 4.90. The molecule has 1 heterocycles. The van der Waals surface area contributed by atoms with Gasteiger partial charge < -0.3 is 5.73 Å². The van der Waals surface area contributed by atoms with E-state index in [9.17, 15) is 13.2 Å². The lowest BCUT2D eigenvalue weighted by molar-refractivity contribution is 0.100. The summed E-state index contributed by atoms with van der Waals surface area (Å²) < 4.78 is 23.8. The smallest absolute Gasteiger partial charge is 0.249 e. The third-order valence-electron chi connectivity index (χ3n) is 5.44. The van der Waals surface area contributed by atoms with Gasteiger partial charge in [0.25, 0.3) is 0 Å². The summed E-state index contributed by atoms with van der Waals surface area (Å²) in [6.45, 7) is 5.25. The summed E-state index contributed by atoms with van der Waals surface area (Å²) >= 11 is 0. The summed E-state index contributed by atoms with van der Waals surface area (Å²) in [5, 5.41) is -0.312. The third kappa shape index (κ3) is 4.22. The van der Waals surface area contributed by atoms with Gasteiger partial charge >= 0.3 is 0 Å². The van der Waals surface area contributed by atoms with Crippen LogP contribution < -0.4 is 5.73 Å². The first-order chi connectivity index (χ1) is 12.7. The Balaban J connectivity index is 1.93. The lowest BCUT2D eigenvalue weighted by Crippen LogP contribution is -2.28. The van der Waals surface area contributed by atoms with Crippen molar-refractivity contribution in [2.24, 2.45) is 5.73 Å². The van der Waals surface area contributed by atoms with Gasteiger partial charge in [-0.25, -0.2) is 8.42 Å². The largest absolute Gasteiger partial charge is 0.366 e. The number of primary amides is 1. The molecule has 2 N–H and O–H groups in total. The van der Waals surface area contributed by atoms with Crippen LogP contribution in [0.1, 0.15) is 34.8 Å². The first-order valence-electron chi connectivity index (χ1n) is 9.08. The minimum atomic E-state index is -3.04. The maximum Gasteiger partial charge on any atom is 0.249 e.